The Balaban J connectivity index is 1.15. The molecule has 0 bridgehead atoms. The van der Waals surface area contributed by atoms with Crippen LogP contribution in [0.3, 0.4) is 0 Å². The van der Waals surface area contributed by atoms with E-state index in [0.717, 1.165) is 22.2 Å². The number of carbonyl (C=O) groups excluding carboxylic acids is 1. The van der Waals surface area contributed by atoms with Crippen molar-refractivity contribution in [3.63, 3.8) is 0 Å². The average molecular weight is 348 g/mol. The summed E-state index contributed by atoms with van der Waals surface area (Å²) in [4.78, 5) is 14.1. The summed E-state index contributed by atoms with van der Waals surface area (Å²) < 4.78 is 7.60. The number of hydrogen-bond acceptors (Lipinski definition) is 4. The van der Waals surface area contributed by atoms with E-state index in [1.165, 1.54) is 12.8 Å². The third kappa shape index (κ3) is 2.92. The highest BCUT2D eigenvalue weighted by molar-refractivity contribution is 5.84. The number of amides is 1. The van der Waals surface area contributed by atoms with Crippen molar-refractivity contribution in [2.45, 2.75) is 24.8 Å². The van der Waals surface area contributed by atoms with Crippen LogP contribution in [0.1, 0.15) is 30.5 Å². The molecule has 6 nitrogen and oxygen atoms in total. The molecule has 2 fully saturated rings. The monoisotopic (exact) mass is 348 g/mol. The zero-order valence-corrected chi connectivity index (χ0v) is 14.4. The summed E-state index contributed by atoms with van der Waals surface area (Å²) in [7, 11) is 0. The smallest absolute Gasteiger partial charge is 0.260 e. The van der Waals surface area contributed by atoms with Crippen LogP contribution in [0.25, 0.3) is 10.8 Å². The van der Waals surface area contributed by atoms with Crippen LogP contribution in [-0.2, 0) is 4.79 Å². The Hall–Kier alpha value is -2.89. The number of aromatic nitrogens is 3. The van der Waals surface area contributed by atoms with Crippen molar-refractivity contribution in [1.82, 2.24) is 19.9 Å². The van der Waals surface area contributed by atoms with Gasteiger partial charge in [-0.25, -0.2) is 4.68 Å². The number of rotatable bonds is 5. The highest BCUT2D eigenvalue weighted by atomic mass is 16.5. The Labute approximate surface area is 151 Å². The Bertz CT molecular complexity index is 957. The van der Waals surface area contributed by atoms with E-state index < -0.39 is 0 Å². The molecule has 1 amide bonds. The van der Waals surface area contributed by atoms with E-state index in [1.807, 2.05) is 52.2 Å². The molecule has 2 aliphatic rings. The second-order valence-corrected chi connectivity index (χ2v) is 7.15. The SMILES string of the molecule is O=C(COc1ccc2ccccc2c1)N1CC(n2cc(C3CC3)nn2)C1. The maximum Gasteiger partial charge on any atom is 0.260 e. The number of likely N-dealkylation sites (tertiary alicyclic amines) is 1. The Morgan fingerprint density at radius 3 is 2.73 bits per heavy atom. The quantitative estimate of drug-likeness (QED) is 0.711. The van der Waals surface area contributed by atoms with Gasteiger partial charge in [-0.2, -0.15) is 0 Å². The molecule has 0 atom stereocenters. The lowest BCUT2D eigenvalue weighted by atomic mass is 10.1. The first-order valence-corrected chi connectivity index (χ1v) is 9.07. The number of benzene rings is 2. The maximum atomic E-state index is 12.3. The van der Waals surface area contributed by atoms with Gasteiger partial charge in [0.05, 0.1) is 11.7 Å². The third-order valence-corrected chi connectivity index (χ3v) is 5.20. The second kappa shape index (κ2) is 6.12. The first kappa shape index (κ1) is 15.4. The van der Waals surface area contributed by atoms with Gasteiger partial charge in [0.15, 0.2) is 6.61 Å². The number of carbonyl (C=O) groups is 1. The molecule has 2 heterocycles. The summed E-state index contributed by atoms with van der Waals surface area (Å²) in [6, 6.07) is 14.2. The van der Waals surface area contributed by atoms with Crippen molar-refractivity contribution < 1.29 is 9.53 Å². The van der Waals surface area contributed by atoms with Crippen LogP contribution < -0.4 is 4.74 Å². The standard InChI is InChI=1S/C20H20N4O2/c25-20(13-26-18-8-7-14-3-1-2-4-16(14)9-18)23-10-17(11-23)24-12-19(21-22-24)15-5-6-15/h1-4,7-9,12,15,17H,5-6,10-11,13H2. The first-order valence-electron chi connectivity index (χ1n) is 9.07. The van der Waals surface area contributed by atoms with Crippen LogP contribution >= 0.6 is 0 Å². The van der Waals surface area contributed by atoms with Gasteiger partial charge in [-0.1, -0.05) is 35.5 Å². The van der Waals surface area contributed by atoms with E-state index in [-0.39, 0.29) is 18.6 Å². The van der Waals surface area contributed by atoms with Gasteiger partial charge >= 0.3 is 0 Å². The highest BCUT2D eigenvalue weighted by Gasteiger charge is 2.34. The van der Waals surface area contributed by atoms with Crippen molar-refractivity contribution in [2.75, 3.05) is 19.7 Å². The summed E-state index contributed by atoms with van der Waals surface area (Å²) in [5, 5.41) is 10.7. The van der Waals surface area contributed by atoms with Gasteiger partial charge in [0.2, 0.25) is 0 Å². The van der Waals surface area contributed by atoms with Crippen LogP contribution in [0.2, 0.25) is 0 Å². The largest absolute Gasteiger partial charge is 0.484 e. The molecule has 6 heteroatoms. The van der Waals surface area contributed by atoms with Crippen LogP contribution in [0.5, 0.6) is 5.75 Å². The van der Waals surface area contributed by atoms with Crippen molar-refractivity contribution in [2.24, 2.45) is 0 Å². The molecule has 1 saturated carbocycles. The minimum absolute atomic E-state index is 0.0111. The predicted octanol–water partition coefficient (Wildman–Crippen LogP) is 2.77. The lowest BCUT2D eigenvalue weighted by Crippen LogP contribution is -2.52. The third-order valence-electron chi connectivity index (χ3n) is 5.20. The zero-order chi connectivity index (χ0) is 17.5. The lowest BCUT2D eigenvalue weighted by Gasteiger charge is -2.38. The van der Waals surface area contributed by atoms with Crippen molar-refractivity contribution in [3.05, 3.63) is 54.4 Å². The number of ether oxygens (including phenoxy) is 1. The number of nitrogens with zero attached hydrogens (tertiary/aromatic N) is 4. The molecular formula is C20H20N4O2. The van der Waals surface area contributed by atoms with Crippen LogP contribution in [0.15, 0.2) is 48.7 Å². The number of hydrogen-bond donors (Lipinski definition) is 0. The molecule has 1 aromatic heterocycles. The van der Waals surface area contributed by atoms with Gasteiger partial charge in [0.1, 0.15) is 5.75 Å². The Morgan fingerprint density at radius 1 is 1.12 bits per heavy atom. The summed E-state index contributed by atoms with van der Waals surface area (Å²) in [5.41, 5.74) is 1.09. The van der Waals surface area contributed by atoms with Crippen LogP contribution in [0.4, 0.5) is 0 Å². The molecular weight excluding hydrogens is 328 g/mol. The van der Waals surface area contributed by atoms with Crippen LogP contribution in [0, 0.1) is 0 Å². The van der Waals surface area contributed by atoms with Gasteiger partial charge in [-0.05, 0) is 35.7 Å². The minimum Gasteiger partial charge on any atom is -0.484 e. The van der Waals surface area contributed by atoms with E-state index in [1.54, 1.807) is 0 Å². The molecule has 0 spiro atoms. The van der Waals surface area contributed by atoms with Gasteiger partial charge in [-0.3, -0.25) is 4.79 Å². The molecule has 26 heavy (non-hydrogen) atoms. The van der Waals surface area contributed by atoms with Crippen molar-refractivity contribution >= 4 is 16.7 Å². The molecule has 5 rings (SSSR count). The second-order valence-electron chi connectivity index (χ2n) is 7.15. The van der Waals surface area contributed by atoms with Crippen molar-refractivity contribution in [1.29, 1.82) is 0 Å². The zero-order valence-electron chi connectivity index (χ0n) is 14.4. The van der Waals surface area contributed by atoms with Gasteiger partial charge in [0.25, 0.3) is 5.91 Å². The average Bonchev–Trinajstić information content (AvgIpc) is 3.37. The maximum absolute atomic E-state index is 12.3. The summed E-state index contributed by atoms with van der Waals surface area (Å²) in [5.74, 6) is 1.34. The molecule has 0 unspecified atom stereocenters. The fourth-order valence-corrected chi connectivity index (χ4v) is 3.35. The molecule has 3 aromatic rings. The van der Waals surface area contributed by atoms with E-state index in [2.05, 4.69) is 16.4 Å². The van der Waals surface area contributed by atoms with E-state index in [0.29, 0.717) is 19.0 Å². The molecule has 1 saturated heterocycles. The van der Waals surface area contributed by atoms with E-state index in [4.69, 9.17) is 4.74 Å². The number of fused-ring (bicyclic) bond motifs is 1. The molecule has 132 valence electrons. The summed E-state index contributed by atoms with van der Waals surface area (Å²) in [6.45, 7) is 1.41. The Kier molecular flexibility index (Phi) is 3.62. The van der Waals surface area contributed by atoms with Crippen LogP contribution in [-0.4, -0.2) is 45.5 Å². The van der Waals surface area contributed by atoms with E-state index in [9.17, 15) is 4.79 Å². The molecule has 1 aliphatic heterocycles. The lowest BCUT2D eigenvalue weighted by molar-refractivity contribution is -0.139. The molecule has 2 aromatic carbocycles. The highest BCUT2D eigenvalue weighted by Crippen LogP contribution is 2.39. The molecule has 0 N–H and O–H groups in total. The topological polar surface area (TPSA) is 60.2 Å². The predicted molar refractivity (Wildman–Crippen MR) is 97.1 cm³/mol. The van der Waals surface area contributed by atoms with Gasteiger partial charge < -0.3 is 9.64 Å². The fourth-order valence-electron chi connectivity index (χ4n) is 3.35. The first-order chi connectivity index (χ1) is 12.8. The van der Waals surface area contributed by atoms with E-state index >= 15 is 0 Å². The molecule has 1 aliphatic carbocycles. The van der Waals surface area contributed by atoms with Gasteiger partial charge in [0, 0.05) is 25.2 Å². The normalized spacial score (nSPS) is 17.3. The van der Waals surface area contributed by atoms with Crippen molar-refractivity contribution in [3.8, 4) is 5.75 Å². The summed E-state index contributed by atoms with van der Waals surface area (Å²) in [6.07, 6.45) is 4.48. The fraction of sp³-hybridized carbons (Fsp3) is 0.350. The molecule has 0 radical (unpaired) electrons. The summed E-state index contributed by atoms with van der Waals surface area (Å²) >= 11 is 0. The Morgan fingerprint density at radius 2 is 1.92 bits per heavy atom. The minimum atomic E-state index is 0.0111. The van der Waals surface area contributed by atoms with Gasteiger partial charge in [-0.15, -0.1) is 5.10 Å².